The molecule has 29 heavy (non-hydrogen) atoms. The molecule has 0 aliphatic heterocycles. The molecule has 0 spiro atoms. The first-order valence-corrected chi connectivity index (χ1v) is 9.03. The Hall–Kier alpha value is -3.80. The standard InChI is InChI=1S/C23H21NO5/c1-16(28-22-13-12-21(27-2)14-17(22)15-25)23(26)24-18-8-10-20(11-9-18)29-19-6-4-3-5-7-19/h3-16H,1-2H3,(H,24,26)/t16-/m1/s1. The molecule has 0 aromatic heterocycles. The maximum Gasteiger partial charge on any atom is 0.265 e. The predicted octanol–water partition coefficient (Wildman–Crippen LogP) is 4.71. The number of hydrogen-bond donors (Lipinski definition) is 1. The second-order valence-corrected chi connectivity index (χ2v) is 6.21. The number of rotatable bonds is 8. The Morgan fingerprint density at radius 1 is 0.931 bits per heavy atom. The number of hydrogen-bond acceptors (Lipinski definition) is 5. The van der Waals surface area contributed by atoms with E-state index in [1.807, 2.05) is 30.3 Å². The average Bonchev–Trinajstić information content (AvgIpc) is 2.76. The molecule has 1 amide bonds. The van der Waals surface area contributed by atoms with Crippen LogP contribution in [-0.4, -0.2) is 25.4 Å². The van der Waals surface area contributed by atoms with Crippen molar-refractivity contribution < 1.29 is 23.8 Å². The van der Waals surface area contributed by atoms with Gasteiger partial charge in [0.15, 0.2) is 12.4 Å². The van der Waals surface area contributed by atoms with Gasteiger partial charge in [-0.3, -0.25) is 9.59 Å². The van der Waals surface area contributed by atoms with E-state index in [1.165, 1.54) is 7.11 Å². The van der Waals surface area contributed by atoms with Gasteiger partial charge in [-0.05, 0) is 61.5 Å². The summed E-state index contributed by atoms with van der Waals surface area (Å²) >= 11 is 0. The van der Waals surface area contributed by atoms with Gasteiger partial charge < -0.3 is 19.5 Å². The molecule has 0 aliphatic rings. The van der Waals surface area contributed by atoms with Gasteiger partial charge in [0, 0.05) is 5.69 Å². The van der Waals surface area contributed by atoms with Gasteiger partial charge in [-0.25, -0.2) is 0 Å². The molecule has 3 aromatic carbocycles. The summed E-state index contributed by atoms with van der Waals surface area (Å²) in [5.41, 5.74) is 0.919. The van der Waals surface area contributed by atoms with Crippen LogP contribution >= 0.6 is 0 Å². The second kappa shape index (κ2) is 9.41. The second-order valence-electron chi connectivity index (χ2n) is 6.21. The molecule has 0 bridgehead atoms. The van der Waals surface area contributed by atoms with Crippen LogP contribution in [-0.2, 0) is 4.79 Å². The molecule has 0 radical (unpaired) electrons. The fourth-order valence-corrected chi connectivity index (χ4v) is 2.57. The minimum atomic E-state index is -0.803. The van der Waals surface area contributed by atoms with E-state index in [2.05, 4.69) is 5.32 Å². The molecular formula is C23H21NO5. The molecule has 1 N–H and O–H groups in total. The largest absolute Gasteiger partial charge is 0.497 e. The summed E-state index contributed by atoms with van der Waals surface area (Å²) in [5.74, 6) is 1.91. The first kappa shape index (κ1) is 19.9. The third kappa shape index (κ3) is 5.35. The fraction of sp³-hybridized carbons (Fsp3) is 0.130. The highest BCUT2D eigenvalue weighted by atomic mass is 16.5. The van der Waals surface area contributed by atoms with Crippen LogP contribution in [0.5, 0.6) is 23.0 Å². The van der Waals surface area contributed by atoms with E-state index in [1.54, 1.807) is 49.4 Å². The number of anilines is 1. The highest BCUT2D eigenvalue weighted by molar-refractivity contribution is 5.94. The lowest BCUT2D eigenvalue weighted by Crippen LogP contribution is -2.30. The maximum absolute atomic E-state index is 12.4. The van der Waals surface area contributed by atoms with E-state index >= 15 is 0 Å². The van der Waals surface area contributed by atoms with Crippen LogP contribution in [0.25, 0.3) is 0 Å². The van der Waals surface area contributed by atoms with Crippen molar-refractivity contribution >= 4 is 17.9 Å². The van der Waals surface area contributed by atoms with Gasteiger partial charge in [0.25, 0.3) is 5.91 Å². The van der Waals surface area contributed by atoms with Crippen molar-refractivity contribution in [3.8, 4) is 23.0 Å². The van der Waals surface area contributed by atoms with Crippen molar-refractivity contribution in [2.45, 2.75) is 13.0 Å². The van der Waals surface area contributed by atoms with E-state index in [-0.39, 0.29) is 5.91 Å². The Kier molecular flexibility index (Phi) is 6.47. The normalized spacial score (nSPS) is 11.2. The monoisotopic (exact) mass is 391 g/mol. The Bertz CT molecular complexity index is 970. The van der Waals surface area contributed by atoms with Gasteiger partial charge in [-0.2, -0.15) is 0 Å². The first-order valence-electron chi connectivity index (χ1n) is 9.03. The van der Waals surface area contributed by atoms with Gasteiger partial charge in [0.2, 0.25) is 0 Å². The van der Waals surface area contributed by atoms with E-state index in [9.17, 15) is 9.59 Å². The summed E-state index contributed by atoms with van der Waals surface area (Å²) < 4.78 is 16.5. The Labute approximate surface area is 169 Å². The van der Waals surface area contributed by atoms with Gasteiger partial charge in [0.05, 0.1) is 12.7 Å². The molecule has 0 heterocycles. The quantitative estimate of drug-likeness (QED) is 0.563. The van der Waals surface area contributed by atoms with Crippen LogP contribution in [0.2, 0.25) is 0 Å². The van der Waals surface area contributed by atoms with Crippen molar-refractivity contribution in [3.05, 3.63) is 78.4 Å². The molecule has 0 aliphatic carbocycles. The van der Waals surface area contributed by atoms with Crippen LogP contribution in [0.1, 0.15) is 17.3 Å². The lowest BCUT2D eigenvalue weighted by molar-refractivity contribution is -0.122. The zero-order valence-electron chi connectivity index (χ0n) is 16.1. The molecule has 0 fully saturated rings. The van der Waals surface area contributed by atoms with Crippen LogP contribution in [0, 0.1) is 0 Å². The summed E-state index contributed by atoms with van der Waals surface area (Å²) in [6.07, 6.45) is -0.143. The van der Waals surface area contributed by atoms with Gasteiger partial charge in [-0.15, -0.1) is 0 Å². The topological polar surface area (TPSA) is 73.9 Å². The average molecular weight is 391 g/mol. The lowest BCUT2D eigenvalue weighted by atomic mass is 10.2. The Morgan fingerprint density at radius 2 is 1.59 bits per heavy atom. The predicted molar refractivity (Wildman–Crippen MR) is 110 cm³/mol. The molecule has 0 saturated heterocycles. The number of para-hydroxylation sites is 1. The minimum absolute atomic E-state index is 0.311. The summed E-state index contributed by atoms with van der Waals surface area (Å²) in [6, 6.07) is 21.3. The van der Waals surface area contributed by atoms with E-state index in [0.29, 0.717) is 34.8 Å². The number of nitrogens with one attached hydrogen (secondary N) is 1. The van der Waals surface area contributed by atoms with Gasteiger partial charge in [0.1, 0.15) is 23.0 Å². The number of methoxy groups -OCH3 is 1. The van der Waals surface area contributed by atoms with Crippen LogP contribution < -0.4 is 19.5 Å². The van der Waals surface area contributed by atoms with Gasteiger partial charge >= 0.3 is 0 Å². The number of carbonyl (C=O) groups excluding carboxylic acids is 2. The number of benzene rings is 3. The molecule has 6 nitrogen and oxygen atoms in total. The van der Waals surface area contributed by atoms with E-state index < -0.39 is 6.10 Å². The van der Waals surface area contributed by atoms with Crippen LogP contribution in [0.3, 0.4) is 0 Å². The highest BCUT2D eigenvalue weighted by Crippen LogP contribution is 2.25. The summed E-state index contributed by atoms with van der Waals surface area (Å²) in [5, 5.41) is 2.78. The molecular weight excluding hydrogens is 370 g/mol. The van der Waals surface area contributed by atoms with Crippen molar-refractivity contribution in [2.75, 3.05) is 12.4 Å². The summed E-state index contributed by atoms with van der Waals surface area (Å²) in [7, 11) is 1.51. The van der Waals surface area contributed by atoms with Crippen molar-refractivity contribution in [1.82, 2.24) is 0 Å². The zero-order valence-corrected chi connectivity index (χ0v) is 16.1. The zero-order chi connectivity index (χ0) is 20.6. The number of amides is 1. The summed E-state index contributed by atoms with van der Waals surface area (Å²) in [6.45, 7) is 1.61. The Morgan fingerprint density at radius 3 is 2.24 bits per heavy atom. The first-order chi connectivity index (χ1) is 14.1. The van der Waals surface area contributed by atoms with Crippen molar-refractivity contribution in [3.63, 3.8) is 0 Å². The lowest BCUT2D eigenvalue weighted by Gasteiger charge is -2.16. The van der Waals surface area contributed by atoms with Crippen molar-refractivity contribution in [1.29, 1.82) is 0 Å². The molecule has 3 rings (SSSR count). The molecule has 6 heteroatoms. The van der Waals surface area contributed by atoms with Crippen LogP contribution in [0.4, 0.5) is 5.69 Å². The third-order valence-corrected chi connectivity index (χ3v) is 4.12. The minimum Gasteiger partial charge on any atom is -0.497 e. The van der Waals surface area contributed by atoms with E-state index in [4.69, 9.17) is 14.2 Å². The highest BCUT2D eigenvalue weighted by Gasteiger charge is 2.17. The van der Waals surface area contributed by atoms with E-state index in [0.717, 1.165) is 5.75 Å². The third-order valence-electron chi connectivity index (χ3n) is 4.12. The smallest absolute Gasteiger partial charge is 0.265 e. The van der Waals surface area contributed by atoms with Gasteiger partial charge in [-0.1, -0.05) is 18.2 Å². The number of carbonyl (C=O) groups is 2. The Balaban J connectivity index is 1.60. The molecule has 148 valence electrons. The number of ether oxygens (including phenoxy) is 3. The fourth-order valence-electron chi connectivity index (χ4n) is 2.57. The summed E-state index contributed by atoms with van der Waals surface area (Å²) in [4.78, 5) is 23.7. The molecule has 0 saturated carbocycles. The maximum atomic E-state index is 12.4. The van der Waals surface area contributed by atoms with Crippen LogP contribution in [0.15, 0.2) is 72.8 Å². The SMILES string of the molecule is COc1ccc(O[C@H](C)C(=O)Nc2ccc(Oc3ccccc3)cc2)c(C=O)c1. The molecule has 3 aromatic rings. The molecule has 1 atom stereocenters. The van der Waals surface area contributed by atoms with Crippen molar-refractivity contribution in [2.24, 2.45) is 0 Å². The number of aldehydes is 1. The molecule has 0 unspecified atom stereocenters.